The minimum Gasteiger partial charge on any atom is -0.497 e. The van der Waals surface area contributed by atoms with Crippen LogP contribution in [0, 0.1) is 0 Å². The topological polar surface area (TPSA) is 54.4 Å². The summed E-state index contributed by atoms with van der Waals surface area (Å²) in [6, 6.07) is 16.3. The zero-order valence-corrected chi connectivity index (χ0v) is 19.6. The maximum atomic E-state index is 11.9. The van der Waals surface area contributed by atoms with E-state index in [9.17, 15) is 4.79 Å². The zero-order valence-electron chi connectivity index (χ0n) is 19.6. The highest BCUT2D eigenvalue weighted by Gasteiger charge is 2.38. The van der Waals surface area contributed by atoms with Gasteiger partial charge in [-0.3, -0.25) is 9.69 Å². The molecule has 2 aromatic carbocycles. The summed E-state index contributed by atoms with van der Waals surface area (Å²) >= 11 is 0. The molecule has 2 heterocycles. The third-order valence-electron chi connectivity index (χ3n) is 6.67. The number of carbonyl (C=O) groups is 1. The summed E-state index contributed by atoms with van der Waals surface area (Å²) in [5, 5.41) is 0. The van der Waals surface area contributed by atoms with Crippen molar-refractivity contribution in [1.29, 1.82) is 0 Å². The van der Waals surface area contributed by atoms with Gasteiger partial charge in [0.25, 0.3) is 0 Å². The molecule has 0 radical (unpaired) electrons. The number of allylic oxidation sites excluding steroid dienone is 2. The molecule has 1 aliphatic carbocycles. The summed E-state index contributed by atoms with van der Waals surface area (Å²) < 4.78 is 10.6. The third kappa shape index (κ3) is 4.41. The summed E-state index contributed by atoms with van der Waals surface area (Å²) in [7, 11) is 3.36. The number of ketones is 1. The first kappa shape index (κ1) is 22.2. The van der Waals surface area contributed by atoms with Gasteiger partial charge >= 0.3 is 0 Å². The van der Waals surface area contributed by atoms with E-state index in [0.717, 1.165) is 61.2 Å². The van der Waals surface area contributed by atoms with Gasteiger partial charge in [0.15, 0.2) is 5.78 Å². The Morgan fingerprint density at radius 3 is 2.03 bits per heavy atom. The van der Waals surface area contributed by atoms with Crippen molar-refractivity contribution in [2.24, 2.45) is 4.99 Å². The molecule has 1 fully saturated rings. The minimum atomic E-state index is -0.641. The quantitative estimate of drug-likeness (QED) is 0.687. The van der Waals surface area contributed by atoms with Crippen LogP contribution in [0.25, 0.3) is 5.57 Å². The molecule has 0 N–H and O–H groups in total. The third-order valence-corrected chi connectivity index (χ3v) is 6.67. The Kier molecular flexibility index (Phi) is 6.07. The molecule has 3 aliphatic rings. The lowest BCUT2D eigenvalue weighted by molar-refractivity contribution is -0.110. The van der Waals surface area contributed by atoms with Gasteiger partial charge in [0.05, 0.1) is 14.2 Å². The number of rotatable bonds is 5. The SMILES string of the molecule is COc1ccc(CN2CCN(C3=NC4(C=CC(=O)C=C4)C(c4ccc(OC)cc4)=C3)CC2)cc1. The van der Waals surface area contributed by atoms with Crippen LogP contribution in [-0.2, 0) is 11.3 Å². The predicted octanol–water partition coefficient (Wildman–Crippen LogP) is 3.75. The van der Waals surface area contributed by atoms with E-state index in [4.69, 9.17) is 14.5 Å². The van der Waals surface area contributed by atoms with E-state index in [2.05, 4.69) is 40.1 Å². The number of methoxy groups -OCH3 is 2. The number of hydrogen-bond donors (Lipinski definition) is 0. The van der Waals surface area contributed by atoms with Gasteiger partial charge in [0.2, 0.25) is 0 Å². The molecule has 0 amide bonds. The first-order valence-corrected chi connectivity index (χ1v) is 11.6. The second-order valence-corrected chi connectivity index (χ2v) is 8.76. The van der Waals surface area contributed by atoms with E-state index in [1.54, 1.807) is 26.4 Å². The van der Waals surface area contributed by atoms with Crippen LogP contribution in [-0.4, -0.2) is 67.4 Å². The maximum Gasteiger partial charge on any atom is 0.178 e. The first-order chi connectivity index (χ1) is 16.6. The molecule has 1 spiro atoms. The Morgan fingerprint density at radius 1 is 0.853 bits per heavy atom. The van der Waals surface area contributed by atoms with Crippen molar-refractivity contribution in [2.75, 3.05) is 40.4 Å². The molecule has 5 rings (SSSR count). The van der Waals surface area contributed by atoms with Crippen molar-refractivity contribution >= 4 is 17.2 Å². The number of amidine groups is 1. The van der Waals surface area contributed by atoms with E-state index < -0.39 is 5.54 Å². The van der Waals surface area contributed by atoms with E-state index in [1.807, 2.05) is 36.4 Å². The fourth-order valence-electron chi connectivity index (χ4n) is 4.68. The Bertz CT molecular complexity index is 1150. The number of carbonyl (C=O) groups excluding carboxylic acids is 1. The van der Waals surface area contributed by atoms with Gasteiger partial charge in [0.1, 0.15) is 22.9 Å². The predicted molar refractivity (Wildman–Crippen MR) is 134 cm³/mol. The van der Waals surface area contributed by atoms with Crippen molar-refractivity contribution in [1.82, 2.24) is 9.80 Å². The summed E-state index contributed by atoms with van der Waals surface area (Å²) in [6.45, 7) is 4.67. The monoisotopic (exact) mass is 455 g/mol. The lowest BCUT2D eigenvalue weighted by Gasteiger charge is -2.35. The van der Waals surface area contributed by atoms with Crippen LogP contribution in [0.5, 0.6) is 11.5 Å². The van der Waals surface area contributed by atoms with E-state index in [0.29, 0.717) is 0 Å². The van der Waals surface area contributed by atoms with E-state index in [-0.39, 0.29) is 5.78 Å². The molecule has 1 saturated heterocycles. The molecule has 6 heteroatoms. The van der Waals surface area contributed by atoms with Crippen molar-refractivity contribution in [3.8, 4) is 11.5 Å². The Labute approximate surface area is 200 Å². The van der Waals surface area contributed by atoms with Crippen LogP contribution >= 0.6 is 0 Å². The first-order valence-electron chi connectivity index (χ1n) is 11.6. The number of hydrogen-bond acceptors (Lipinski definition) is 6. The Hall–Kier alpha value is -3.64. The maximum absolute atomic E-state index is 11.9. The van der Waals surface area contributed by atoms with Crippen molar-refractivity contribution in [3.05, 3.63) is 90.0 Å². The molecule has 2 aromatic rings. The average Bonchev–Trinajstić information content (AvgIpc) is 3.26. The van der Waals surface area contributed by atoms with E-state index in [1.165, 1.54) is 5.56 Å². The van der Waals surface area contributed by atoms with Gasteiger partial charge in [-0.25, -0.2) is 4.99 Å². The molecule has 0 bridgehead atoms. The number of benzene rings is 2. The van der Waals surface area contributed by atoms with Gasteiger partial charge in [-0.15, -0.1) is 0 Å². The molecule has 34 heavy (non-hydrogen) atoms. The van der Waals surface area contributed by atoms with Gasteiger partial charge in [-0.1, -0.05) is 24.3 Å². The molecule has 0 aromatic heterocycles. The lowest BCUT2D eigenvalue weighted by Crippen LogP contribution is -2.47. The van der Waals surface area contributed by atoms with E-state index >= 15 is 0 Å². The van der Waals surface area contributed by atoms with Crippen molar-refractivity contribution < 1.29 is 14.3 Å². The van der Waals surface area contributed by atoms with Gasteiger partial charge < -0.3 is 14.4 Å². The fraction of sp³-hybridized carbons (Fsp3) is 0.286. The minimum absolute atomic E-state index is 0.00416. The zero-order chi connectivity index (χ0) is 23.5. The van der Waals surface area contributed by atoms with Crippen LogP contribution in [0.15, 0.2) is 83.9 Å². The highest BCUT2D eigenvalue weighted by atomic mass is 16.5. The number of aliphatic imine (C=N–C) groups is 1. The molecular weight excluding hydrogens is 426 g/mol. The van der Waals surface area contributed by atoms with Crippen LogP contribution in [0.4, 0.5) is 0 Å². The van der Waals surface area contributed by atoms with Crippen LogP contribution in [0.3, 0.4) is 0 Å². The van der Waals surface area contributed by atoms with Crippen LogP contribution < -0.4 is 9.47 Å². The second-order valence-electron chi connectivity index (χ2n) is 8.76. The number of ether oxygens (including phenoxy) is 2. The lowest BCUT2D eigenvalue weighted by atomic mass is 9.83. The average molecular weight is 456 g/mol. The molecule has 174 valence electrons. The van der Waals surface area contributed by atoms with Crippen LogP contribution in [0.2, 0.25) is 0 Å². The molecule has 0 saturated carbocycles. The second kappa shape index (κ2) is 9.31. The molecule has 2 aliphatic heterocycles. The largest absolute Gasteiger partial charge is 0.497 e. The Balaban J connectivity index is 1.32. The Morgan fingerprint density at radius 2 is 1.44 bits per heavy atom. The van der Waals surface area contributed by atoms with Crippen LogP contribution in [0.1, 0.15) is 11.1 Å². The standard InChI is InChI=1S/C28H29N3O3/c1-33-24-7-3-21(4-8-24)20-30-15-17-31(18-16-30)27-19-26(22-5-9-25(34-2)10-6-22)28(29-27)13-11-23(32)12-14-28/h3-14,19H,15-18,20H2,1-2H3. The molecule has 0 unspecified atom stereocenters. The highest BCUT2D eigenvalue weighted by Crippen LogP contribution is 2.40. The summed E-state index contributed by atoms with van der Waals surface area (Å²) in [4.78, 5) is 21.8. The summed E-state index contributed by atoms with van der Waals surface area (Å²) in [5.41, 5.74) is 2.79. The van der Waals surface area contributed by atoms with Crippen molar-refractivity contribution in [3.63, 3.8) is 0 Å². The summed E-state index contributed by atoms with van der Waals surface area (Å²) in [5.74, 6) is 2.67. The number of piperazine rings is 1. The van der Waals surface area contributed by atoms with Gasteiger partial charge in [-0.05, 0) is 71.3 Å². The molecule has 0 atom stereocenters. The molecule has 6 nitrogen and oxygen atoms in total. The van der Waals surface area contributed by atoms with Crippen molar-refractivity contribution in [2.45, 2.75) is 12.1 Å². The van der Waals surface area contributed by atoms with Gasteiger partial charge in [0, 0.05) is 32.7 Å². The smallest absolute Gasteiger partial charge is 0.178 e. The number of nitrogens with zero attached hydrogens (tertiary/aromatic N) is 3. The van der Waals surface area contributed by atoms with Gasteiger partial charge in [-0.2, -0.15) is 0 Å². The normalized spacial score (nSPS) is 19.4. The molecular formula is C28H29N3O3. The fourth-order valence-corrected chi connectivity index (χ4v) is 4.68. The highest BCUT2D eigenvalue weighted by molar-refractivity contribution is 6.09. The summed E-state index contributed by atoms with van der Waals surface area (Å²) in [6.07, 6.45) is 9.25.